The van der Waals surface area contributed by atoms with E-state index in [-0.39, 0.29) is 5.92 Å². The second kappa shape index (κ2) is 10.3. The fourth-order valence-corrected chi connectivity index (χ4v) is 2.99. The van der Waals surface area contributed by atoms with Gasteiger partial charge in [0.2, 0.25) is 0 Å². The van der Waals surface area contributed by atoms with E-state index < -0.39 is 11.5 Å². The maximum Gasteiger partial charge on any atom is 0.323 e. The van der Waals surface area contributed by atoms with Crippen LogP contribution in [0.25, 0.3) is 0 Å². The van der Waals surface area contributed by atoms with E-state index in [0.717, 1.165) is 17.7 Å². The molecule has 0 saturated carbocycles. The van der Waals surface area contributed by atoms with Crippen molar-refractivity contribution in [1.29, 1.82) is 0 Å². The van der Waals surface area contributed by atoms with Crippen molar-refractivity contribution >= 4 is 5.97 Å². The zero-order valence-corrected chi connectivity index (χ0v) is 16.6. The Morgan fingerprint density at radius 1 is 1.12 bits per heavy atom. The summed E-state index contributed by atoms with van der Waals surface area (Å²) in [6.07, 6.45) is 1.87. The van der Waals surface area contributed by atoms with Gasteiger partial charge in [0.25, 0.3) is 0 Å². The Labute approximate surface area is 156 Å². The summed E-state index contributed by atoms with van der Waals surface area (Å²) in [5, 5.41) is 9.22. The quantitative estimate of drug-likeness (QED) is 0.586. The van der Waals surface area contributed by atoms with Crippen molar-refractivity contribution < 1.29 is 24.1 Å². The van der Waals surface area contributed by atoms with Crippen LogP contribution in [0.1, 0.15) is 53.0 Å². The maximum absolute atomic E-state index is 11.2. The molecule has 0 spiro atoms. The maximum atomic E-state index is 11.2. The number of carboxylic acids is 1. The van der Waals surface area contributed by atoms with Crippen LogP contribution in [0.15, 0.2) is 12.1 Å². The summed E-state index contributed by atoms with van der Waals surface area (Å²) >= 11 is 0. The number of benzene rings is 1. The van der Waals surface area contributed by atoms with Crippen molar-refractivity contribution in [2.75, 3.05) is 19.8 Å². The lowest BCUT2D eigenvalue weighted by Gasteiger charge is -2.24. The first-order valence-corrected chi connectivity index (χ1v) is 9.33. The smallest absolute Gasteiger partial charge is 0.323 e. The molecule has 0 fully saturated rings. The Bertz CT molecular complexity index is 586. The molecule has 0 heterocycles. The van der Waals surface area contributed by atoms with Gasteiger partial charge in [-0.15, -0.1) is 0 Å². The third-order valence-electron chi connectivity index (χ3n) is 4.22. The highest BCUT2D eigenvalue weighted by Gasteiger charge is 2.30. The van der Waals surface area contributed by atoms with Gasteiger partial charge in [-0.25, -0.2) is 0 Å². The molecule has 3 N–H and O–H groups in total. The Balaban J connectivity index is 3.03. The van der Waals surface area contributed by atoms with Crippen LogP contribution in [0.3, 0.4) is 0 Å². The van der Waals surface area contributed by atoms with Gasteiger partial charge in [0.1, 0.15) is 11.3 Å². The first kappa shape index (κ1) is 22.1. The number of hydrogen-bond donors (Lipinski definition) is 2. The molecule has 1 rings (SSSR count). The highest BCUT2D eigenvalue weighted by Crippen LogP contribution is 2.39. The van der Waals surface area contributed by atoms with Crippen LogP contribution in [0, 0.1) is 5.92 Å². The SMILES string of the molecule is CCOc1ccc(OCC)c(OCC)c1CCC(C)CC(C)(N)C(=O)O. The lowest BCUT2D eigenvalue weighted by Crippen LogP contribution is -2.46. The Morgan fingerprint density at radius 3 is 2.19 bits per heavy atom. The summed E-state index contributed by atoms with van der Waals surface area (Å²) in [6.45, 7) is 11.0. The molecule has 0 radical (unpaired) electrons. The minimum absolute atomic E-state index is 0.140. The van der Waals surface area contributed by atoms with Gasteiger partial charge in [-0.05, 0) is 65.0 Å². The number of aliphatic carboxylic acids is 1. The van der Waals surface area contributed by atoms with E-state index in [4.69, 9.17) is 19.9 Å². The number of carbonyl (C=O) groups is 1. The van der Waals surface area contributed by atoms with Gasteiger partial charge in [-0.2, -0.15) is 0 Å². The molecule has 0 bridgehead atoms. The molecule has 0 saturated heterocycles. The van der Waals surface area contributed by atoms with Crippen LogP contribution < -0.4 is 19.9 Å². The van der Waals surface area contributed by atoms with E-state index in [1.807, 2.05) is 39.8 Å². The van der Waals surface area contributed by atoms with Crippen molar-refractivity contribution in [2.45, 2.75) is 59.4 Å². The average molecular weight is 367 g/mol. The summed E-state index contributed by atoms with van der Waals surface area (Å²) < 4.78 is 17.3. The Morgan fingerprint density at radius 2 is 1.65 bits per heavy atom. The van der Waals surface area contributed by atoms with Crippen molar-refractivity contribution in [3.8, 4) is 17.2 Å². The molecule has 0 amide bonds. The predicted molar refractivity (Wildman–Crippen MR) is 102 cm³/mol. The number of ether oxygens (including phenoxy) is 3. The van der Waals surface area contributed by atoms with Gasteiger partial charge in [-0.3, -0.25) is 4.79 Å². The third kappa shape index (κ3) is 6.09. The van der Waals surface area contributed by atoms with Gasteiger partial charge in [0.05, 0.1) is 19.8 Å². The molecule has 0 aromatic heterocycles. The van der Waals surface area contributed by atoms with Crippen molar-refractivity contribution in [3.63, 3.8) is 0 Å². The number of nitrogens with two attached hydrogens (primary N) is 1. The van der Waals surface area contributed by atoms with E-state index in [1.165, 1.54) is 0 Å². The van der Waals surface area contributed by atoms with E-state index in [2.05, 4.69) is 0 Å². The molecule has 26 heavy (non-hydrogen) atoms. The van der Waals surface area contributed by atoms with Crippen LogP contribution in [0.4, 0.5) is 0 Å². The van der Waals surface area contributed by atoms with Gasteiger partial charge in [0.15, 0.2) is 11.5 Å². The fraction of sp³-hybridized carbons (Fsp3) is 0.650. The van der Waals surface area contributed by atoms with E-state index in [9.17, 15) is 9.90 Å². The number of rotatable bonds is 12. The monoisotopic (exact) mass is 367 g/mol. The number of hydrogen-bond acceptors (Lipinski definition) is 5. The second-order valence-electron chi connectivity index (χ2n) is 6.74. The second-order valence-corrected chi connectivity index (χ2v) is 6.74. The van der Waals surface area contributed by atoms with Crippen LogP contribution in [0.2, 0.25) is 0 Å². The zero-order chi connectivity index (χ0) is 19.7. The van der Waals surface area contributed by atoms with Gasteiger partial charge in [0, 0.05) is 5.56 Å². The molecule has 6 nitrogen and oxygen atoms in total. The highest BCUT2D eigenvalue weighted by atomic mass is 16.5. The van der Waals surface area contributed by atoms with Gasteiger partial charge >= 0.3 is 5.97 Å². The number of carboxylic acid groups (broad SMARTS) is 1. The third-order valence-corrected chi connectivity index (χ3v) is 4.22. The van der Waals surface area contributed by atoms with Crippen LogP contribution in [-0.2, 0) is 11.2 Å². The topological polar surface area (TPSA) is 91.0 Å². The first-order valence-electron chi connectivity index (χ1n) is 9.33. The first-order chi connectivity index (χ1) is 12.3. The highest BCUT2D eigenvalue weighted by molar-refractivity contribution is 5.77. The summed E-state index contributed by atoms with van der Waals surface area (Å²) in [7, 11) is 0. The van der Waals surface area contributed by atoms with E-state index >= 15 is 0 Å². The molecule has 0 aliphatic rings. The standard InChI is InChI=1S/C20H33NO5/c1-6-24-16-11-12-17(25-7-2)18(26-8-3)15(16)10-9-14(4)13-20(5,21)19(22)23/h11-12,14H,6-10,13,21H2,1-5H3,(H,22,23). The van der Waals surface area contributed by atoms with Gasteiger partial charge in [-0.1, -0.05) is 6.92 Å². The molecular weight excluding hydrogens is 334 g/mol. The molecule has 6 heteroatoms. The van der Waals surface area contributed by atoms with Crippen LogP contribution in [-0.4, -0.2) is 36.4 Å². The molecule has 2 atom stereocenters. The summed E-state index contributed by atoms with van der Waals surface area (Å²) in [4.78, 5) is 11.2. The molecule has 148 valence electrons. The summed E-state index contributed by atoms with van der Waals surface area (Å²) in [5.41, 5.74) is 5.61. The Kier molecular flexibility index (Phi) is 8.72. The molecular formula is C20H33NO5. The normalized spacial score (nSPS) is 14.4. The Hall–Kier alpha value is -1.95. The largest absolute Gasteiger partial charge is 0.493 e. The average Bonchev–Trinajstić information content (AvgIpc) is 2.56. The molecule has 1 aromatic rings. The van der Waals surface area contributed by atoms with Crippen molar-refractivity contribution in [2.24, 2.45) is 11.7 Å². The van der Waals surface area contributed by atoms with Gasteiger partial charge < -0.3 is 25.1 Å². The van der Waals surface area contributed by atoms with Crippen LogP contribution in [0.5, 0.6) is 17.2 Å². The van der Waals surface area contributed by atoms with E-state index in [1.54, 1.807) is 6.92 Å². The zero-order valence-electron chi connectivity index (χ0n) is 16.6. The minimum atomic E-state index is -1.22. The lowest BCUT2D eigenvalue weighted by atomic mass is 9.87. The van der Waals surface area contributed by atoms with Crippen molar-refractivity contribution in [1.82, 2.24) is 0 Å². The molecule has 0 aliphatic carbocycles. The van der Waals surface area contributed by atoms with Crippen LogP contribution >= 0.6 is 0 Å². The molecule has 0 aliphatic heterocycles. The summed E-state index contributed by atoms with van der Waals surface area (Å²) in [5.74, 6) is 1.35. The molecule has 2 unspecified atom stereocenters. The summed E-state index contributed by atoms with van der Waals surface area (Å²) in [6, 6.07) is 3.77. The predicted octanol–water partition coefficient (Wildman–Crippen LogP) is 3.64. The van der Waals surface area contributed by atoms with E-state index in [0.29, 0.717) is 44.2 Å². The lowest BCUT2D eigenvalue weighted by molar-refractivity contribution is -0.143. The minimum Gasteiger partial charge on any atom is -0.493 e. The molecule has 1 aromatic carbocycles. The fourth-order valence-electron chi connectivity index (χ4n) is 2.99. The van der Waals surface area contributed by atoms with Crippen molar-refractivity contribution in [3.05, 3.63) is 17.7 Å².